The number of carbonyl (C=O) groups excluding carboxylic acids is 2. The first-order valence-corrected chi connectivity index (χ1v) is 11.5. The van der Waals surface area contributed by atoms with Gasteiger partial charge in [0.05, 0.1) is 10.6 Å². The maximum absolute atomic E-state index is 12.4. The lowest BCUT2D eigenvalue weighted by Gasteiger charge is -2.11. The zero-order valence-corrected chi connectivity index (χ0v) is 17.1. The van der Waals surface area contributed by atoms with Crippen molar-refractivity contribution in [2.24, 2.45) is 5.92 Å². The number of rotatable bonds is 8. The molecule has 0 atom stereocenters. The highest BCUT2D eigenvalue weighted by atomic mass is 32.2. The molecule has 0 unspecified atom stereocenters. The second-order valence-electron chi connectivity index (χ2n) is 7.30. The summed E-state index contributed by atoms with van der Waals surface area (Å²) < 4.78 is 24.9. The summed E-state index contributed by atoms with van der Waals surface area (Å²) in [6.45, 7) is 0.746. The maximum Gasteiger partial charge on any atom is 0.251 e. The van der Waals surface area contributed by atoms with Gasteiger partial charge in [0.1, 0.15) is 0 Å². The molecule has 29 heavy (non-hydrogen) atoms. The predicted molar refractivity (Wildman–Crippen MR) is 111 cm³/mol. The van der Waals surface area contributed by atoms with E-state index in [4.69, 9.17) is 0 Å². The molecule has 154 valence electrons. The predicted octanol–water partition coefficient (Wildman–Crippen LogP) is 2.70. The number of hydrogen-bond acceptors (Lipinski definition) is 4. The van der Waals surface area contributed by atoms with Gasteiger partial charge in [-0.05, 0) is 42.7 Å². The lowest BCUT2D eigenvalue weighted by molar-refractivity contribution is -0.124. The van der Waals surface area contributed by atoms with Crippen LogP contribution in [-0.2, 0) is 20.4 Å². The molecular weight excluding hydrogens is 388 g/mol. The highest BCUT2D eigenvalue weighted by Gasteiger charge is 2.22. The van der Waals surface area contributed by atoms with Gasteiger partial charge in [0.25, 0.3) is 5.91 Å². The van der Waals surface area contributed by atoms with Gasteiger partial charge in [0.2, 0.25) is 5.91 Å². The topological polar surface area (TPSA) is 92.3 Å². The minimum atomic E-state index is -3.42. The van der Waals surface area contributed by atoms with Crippen molar-refractivity contribution in [1.29, 1.82) is 0 Å². The van der Waals surface area contributed by atoms with Crippen molar-refractivity contribution in [2.75, 3.05) is 13.1 Å². The fourth-order valence-electron chi connectivity index (χ4n) is 3.48. The number of sulfone groups is 1. The third-order valence-electron chi connectivity index (χ3n) is 5.11. The normalized spacial score (nSPS) is 14.5. The first-order valence-electron chi connectivity index (χ1n) is 9.88. The largest absolute Gasteiger partial charge is 0.354 e. The van der Waals surface area contributed by atoms with E-state index in [1.807, 2.05) is 0 Å². The van der Waals surface area contributed by atoms with Crippen molar-refractivity contribution in [1.82, 2.24) is 10.6 Å². The number of carbonyl (C=O) groups is 2. The Morgan fingerprint density at radius 1 is 0.862 bits per heavy atom. The Labute approximate surface area is 171 Å². The van der Waals surface area contributed by atoms with Crippen molar-refractivity contribution in [3.8, 4) is 0 Å². The Kier molecular flexibility index (Phi) is 7.04. The van der Waals surface area contributed by atoms with Gasteiger partial charge in [-0.15, -0.1) is 0 Å². The van der Waals surface area contributed by atoms with Crippen LogP contribution in [0.25, 0.3) is 0 Å². The minimum Gasteiger partial charge on any atom is -0.354 e. The fourth-order valence-corrected chi connectivity index (χ4v) is 4.85. The van der Waals surface area contributed by atoms with E-state index in [0.29, 0.717) is 24.2 Å². The van der Waals surface area contributed by atoms with Crippen LogP contribution in [0, 0.1) is 5.92 Å². The van der Waals surface area contributed by atoms with Crippen LogP contribution in [0.4, 0.5) is 0 Å². The molecule has 0 heterocycles. The molecule has 2 N–H and O–H groups in total. The van der Waals surface area contributed by atoms with Crippen LogP contribution in [0.15, 0.2) is 59.5 Å². The van der Waals surface area contributed by atoms with Gasteiger partial charge in [-0.3, -0.25) is 9.59 Å². The third-order valence-corrected chi connectivity index (χ3v) is 6.81. The first-order chi connectivity index (χ1) is 14.0. The van der Waals surface area contributed by atoms with E-state index in [0.717, 1.165) is 25.7 Å². The van der Waals surface area contributed by atoms with Gasteiger partial charge in [0.15, 0.2) is 9.84 Å². The minimum absolute atomic E-state index is 0.0701. The van der Waals surface area contributed by atoms with Crippen LogP contribution in [0.5, 0.6) is 0 Å². The molecule has 7 heteroatoms. The molecule has 1 aliphatic rings. The molecule has 1 saturated carbocycles. The van der Waals surface area contributed by atoms with Gasteiger partial charge in [-0.2, -0.15) is 0 Å². The quantitative estimate of drug-likeness (QED) is 0.650. The monoisotopic (exact) mass is 414 g/mol. The number of amides is 2. The lowest BCUT2D eigenvalue weighted by Crippen LogP contribution is -2.37. The van der Waals surface area contributed by atoms with Crippen LogP contribution in [0.1, 0.15) is 41.6 Å². The fraction of sp³-hybridized carbons (Fsp3) is 0.364. The highest BCUT2D eigenvalue weighted by molar-refractivity contribution is 7.90. The number of nitrogens with one attached hydrogen (secondary N) is 2. The number of hydrogen-bond donors (Lipinski definition) is 2. The summed E-state index contributed by atoms with van der Waals surface area (Å²) in [5.41, 5.74) is 1.07. The molecule has 2 amide bonds. The van der Waals surface area contributed by atoms with E-state index in [1.54, 1.807) is 54.6 Å². The van der Waals surface area contributed by atoms with Crippen molar-refractivity contribution in [2.45, 2.75) is 36.3 Å². The Hall–Kier alpha value is -2.67. The van der Waals surface area contributed by atoms with E-state index in [9.17, 15) is 18.0 Å². The highest BCUT2D eigenvalue weighted by Crippen LogP contribution is 2.24. The Balaban J connectivity index is 1.46. The second kappa shape index (κ2) is 9.69. The summed E-state index contributed by atoms with van der Waals surface area (Å²) in [6, 6.07) is 14.8. The molecule has 2 aromatic carbocycles. The van der Waals surface area contributed by atoms with E-state index >= 15 is 0 Å². The summed E-state index contributed by atoms with van der Waals surface area (Å²) >= 11 is 0. The molecule has 0 saturated heterocycles. The smallest absolute Gasteiger partial charge is 0.251 e. The van der Waals surface area contributed by atoms with E-state index in [1.165, 1.54) is 0 Å². The molecule has 1 aliphatic carbocycles. The first kappa shape index (κ1) is 21.0. The molecular formula is C22H26N2O4S. The average molecular weight is 415 g/mol. The van der Waals surface area contributed by atoms with Crippen LogP contribution < -0.4 is 10.6 Å². The zero-order valence-electron chi connectivity index (χ0n) is 16.3. The summed E-state index contributed by atoms with van der Waals surface area (Å²) in [4.78, 5) is 24.4. The van der Waals surface area contributed by atoms with Crippen molar-refractivity contribution < 1.29 is 18.0 Å². The van der Waals surface area contributed by atoms with Gasteiger partial charge < -0.3 is 10.6 Å². The van der Waals surface area contributed by atoms with E-state index in [-0.39, 0.29) is 28.4 Å². The summed E-state index contributed by atoms with van der Waals surface area (Å²) in [6.07, 6.45) is 4.12. The van der Waals surface area contributed by atoms with E-state index in [2.05, 4.69) is 10.6 Å². The van der Waals surface area contributed by atoms with Crippen molar-refractivity contribution in [3.05, 3.63) is 65.7 Å². The lowest BCUT2D eigenvalue weighted by atomic mass is 10.1. The SMILES string of the molecule is O=C(NCCNC(=O)C1CCCC1)c1ccc(CS(=O)(=O)c2ccccc2)cc1. The Morgan fingerprint density at radius 2 is 1.48 bits per heavy atom. The van der Waals surface area contributed by atoms with Crippen LogP contribution >= 0.6 is 0 Å². The van der Waals surface area contributed by atoms with Crippen LogP contribution in [-0.4, -0.2) is 33.3 Å². The molecule has 0 aliphatic heterocycles. The van der Waals surface area contributed by atoms with Gasteiger partial charge in [-0.25, -0.2) is 8.42 Å². The molecule has 0 aromatic heterocycles. The van der Waals surface area contributed by atoms with Crippen molar-refractivity contribution in [3.63, 3.8) is 0 Å². The Morgan fingerprint density at radius 3 is 2.14 bits per heavy atom. The molecule has 3 rings (SSSR count). The molecule has 0 radical (unpaired) electrons. The summed E-state index contributed by atoms with van der Waals surface area (Å²) in [7, 11) is -3.42. The molecule has 2 aromatic rings. The van der Waals surface area contributed by atoms with Crippen molar-refractivity contribution >= 4 is 21.7 Å². The van der Waals surface area contributed by atoms with Crippen LogP contribution in [0.3, 0.4) is 0 Å². The average Bonchev–Trinajstić information content (AvgIpc) is 3.27. The van der Waals surface area contributed by atoms with Gasteiger partial charge in [0, 0.05) is 24.6 Å². The third kappa shape index (κ3) is 5.90. The molecule has 1 fully saturated rings. The molecule has 0 bridgehead atoms. The second-order valence-corrected chi connectivity index (χ2v) is 9.29. The van der Waals surface area contributed by atoms with E-state index < -0.39 is 9.84 Å². The standard InChI is InChI=1S/C22H26N2O4S/c25-21(18-6-4-5-7-18)23-14-15-24-22(26)19-12-10-17(11-13-19)16-29(27,28)20-8-2-1-3-9-20/h1-3,8-13,18H,4-7,14-16H2,(H,23,25)(H,24,26). The van der Waals surface area contributed by atoms with Gasteiger partial charge >= 0.3 is 0 Å². The maximum atomic E-state index is 12.4. The van der Waals surface area contributed by atoms with Crippen LogP contribution in [0.2, 0.25) is 0 Å². The Bertz CT molecular complexity index is 935. The number of benzene rings is 2. The summed E-state index contributed by atoms with van der Waals surface area (Å²) in [5.74, 6) is -0.185. The van der Waals surface area contributed by atoms with Gasteiger partial charge in [-0.1, -0.05) is 43.2 Å². The molecule has 0 spiro atoms. The summed E-state index contributed by atoms with van der Waals surface area (Å²) in [5, 5.41) is 5.63. The zero-order chi connectivity index (χ0) is 20.7. The molecule has 6 nitrogen and oxygen atoms in total.